The summed E-state index contributed by atoms with van der Waals surface area (Å²) in [6, 6.07) is 9.79. The number of nitrogens with zero attached hydrogens (tertiary/aromatic N) is 4. The van der Waals surface area contributed by atoms with E-state index in [4.69, 9.17) is 4.74 Å². The largest absolute Gasteiger partial charge is 0.443 e. The first-order chi connectivity index (χ1) is 16.7. The van der Waals surface area contributed by atoms with Crippen LogP contribution in [0.3, 0.4) is 0 Å². The highest BCUT2D eigenvalue weighted by Crippen LogP contribution is 2.44. The van der Waals surface area contributed by atoms with Crippen LogP contribution in [0.1, 0.15) is 45.7 Å². The standard InChI is InChI=1S/C27H34N4O4S/c1-17-10-9-11-23-25(17)31(20(4)19(3)30(23)26(32)35-27(5,6)7)36(33,34)24-13-12-21(14-18(24)2)22-15-28-29(8)16-22/h9-16,19-20H,1-8H3. The van der Waals surface area contributed by atoms with Gasteiger partial charge in [0.1, 0.15) is 5.60 Å². The van der Waals surface area contributed by atoms with E-state index in [-0.39, 0.29) is 4.90 Å². The van der Waals surface area contributed by atoms with E-state index in [0.29, 0.717) is 16.9 Å². The molecule has 2 aromatic carbocycles. The zero-order valence-electron chi connectivity index (χ0n) is 22.1. The molecule has 2 heterocycles. The Morgan fingerprint density at radius 2 is 1.69 bits per heavy atom. The van der Waals surface area contributed by atoms with Crippen LogP contribution in [0.15, 0.2) is 53.7 Å². The van der Waals surface area contributed by atoms with Crippen LogP contribution in [0, 0.1) is 13.8 Å². The molecule has 0 bridgehead atoms. The molecule has 192 valence electrons. The van der Waals surface area contributed by atoms with Crippen molar-refractivity contribution in [1.82, 2.24) is 9.78 Å². The molecule has 0 saturated carbocycles. The molecule has 4 rings (SSSR count). The Labute approximate surface area is 213 Å². The first-order valence-electron chi connectivity index (χ1n) is 12.0. The van der Waals surface area contributed by atoms with Gasteiger partial charge in [0.2, 0.25) is 0 Å². The average Bonchev–Trinajstić information content (AvgIpc) is 3.20. The number of fused-ring (bicyclic) bond motifs is 1. The number of sulfonamides is 1. The van der Waals surface area contributed by atoms with Crippen LogP contribution in [0.5, 0.6) is 0 Å². The second-order valence-corrected chi connectivity index (χ2v) is 12.2. The van der Waals surface area contributed by atoms with E-state index >= 15 is 0 Å². The smallest absolute Gasteiger partial charge is 0.415 e. The third kappa shape index (κ3) is 4.48. The Balaban J connectivity index is 1.83. The van der Waals surface area contributed by atoms with Gasteiger partial charge < -0.3 is 4.74 Å². The minimum atomic E-state index is -3.95. The van der Waals surface area contributed by atoms with Gasteiger partial charge in [-0.3, -0.25) is 13.9 Å². The number of aromatic nitrogens is 2. The van der Waals surface area contributed by atoms with Gasteiger partial charge in [0.05, 0.1) is 34.6 Å². The number of aryl methyl sites for hydroxylation is 3. The molecule has 0 fully saturated rings. The van der Waals surface area contributed by atoms with E-state index in [2.05, 4.69) is 5.10 Å². The number of hydrogen-bond donors (Lipinski definition) is 0. The van der Waals surface area contributed by atoms with Gasteiger partial charge in [-0.15, -0.1) is 0 Å². The van der Waals surface area contributed by atoms with Crippen molar-refractivity contribution in [2.75, 3.05) is 9.21 Å². The zero-order valence-corrected chi connectivity index (χ0v) is 22.9. The minimum Gasteiger partial charge on any atom is -0.443 e. The molecule has 0 aliphatic carbocycles. The first-order valence-corrected chi connectivity index (χ1v) is 13.4. The maximum Gasteiger partial charge on any atom is 0.415 e. The zero-order chi connectivity index (χ0) is 26.6. The van der Waals surface area contributed by atoms with Crippen molar-refractivity contribution < 1.29 is 17.9 Å². The van der Waals surface area contributed by atoms with Crippen LogP contribution in [-0.2, 0) is 21.8 Å². The maximum atomic E-state index is 14.2. The van der Waals surface area contributed by atoms with Crippen molar-refractivity contribution in [3.05, 3.63) is 59.9 Å². The lowest BCUT2D eigenvalue weighted by Crippen LogP contribution is -2.58. The molecule has 9 heteroatoms. The predicted octanol–water partition coefficient (Wildman–Crippen LogP) is 5.43. The summed E-state index contributed by atoms with van der Waals surface area (Å²) in [7, 11) is -2.11. The fourth-order valence-electron chi connectivity index (χ4n) is 4.67. The molecular weight excluding hydrogens is 476 g/mol. The van der Waals surface area contributed by atoms with Crippen molar-refractivity contribution in [2.45, 2.75) is 71.0 Å². The van der Waals surface area contributed by atoms with Crippen LogP contribution < -0.4 is 9.21 Å². The summed E-state index contributed by atoms with van der Waals surface area (Å²) in [5, 5.41) is 4.21. The molecule has 2 unspecified atom stereocenters. The molecular formula is C27H34N4O4S. The second-order valence-electron chi connectivity index (χ2n) is 10.5. The molecule has 1 amide bonds. The quantitative estimate of drug-likeness (QED) is 0.469. The highest BCUT2D eigenvalue weighted by atomic mass is 32.2. The molecule has 0 N–H and O–H groups in total. The maximum absolute atomic E-state index is 14.2. The topological polar surface area (TPSA) is 84.7 Å². The summed E-state index contributed by atoms with van der Waals surface area (Å²) < 4.78 is 37.3. The van der Waals surface area contributed by atoms with Crippen molar-refractivity contribution in [3.63, 3.8) is 0 Å². The molecule has 0 radical (unpaired) electrons. The lowest BCUT2D eigenvalue weighted by Gasteiger charge is -2.46. The summed E-state index contributed by atoms with van der Waals surface area (Å²) in [5.74, 6) is 0. The highest BCUT2D eigenvalue weighted by Gasteiger charge is 2.45. The van der Waals surface area contributed by atoms with E-state index in [9.17, 15) is 13.2 Å². The molecule has 0 saturated heterocycles. The third-order valence-electron chi connectivity index (χ3n) is 6.51. The van der Waals surface area contributed by atoms with Crippen molar-refractivity contribution in [2.24, 2.45) is 7.05 Å². The Morgan fingerprint density at radius 3 is 2.28 bits per heavy atom. The SMILES string of the molecule is Cc1cc(-c2cnn(C)c2)ccc1S(=O)(=O)N1c2c(C)cccc2N(C(=O)OC(C)(C)C)C(C)C1C. The lowest BCUT2D eigenvalue weighted by molar-refractivity contribution is 0.0562. The van der Waals surface area contributed by atoms with Crippen LogP contribution in [0.25, 0.3) is 11.1 Å². The Morgan fingerprint density at radius 1 is 1.00 bits per heavy atom. The van der Waals surface area contributed by atoms with Crippen LogP contribution in [0.4, 0.5) is 16.2 Å². The molecule has 3 aromatic rings. The van der Waals surface area contributed by atoms with Gasteiger partial charge in [-0.2, -0.15) is 5.10 Å². The normalized spacial score (nSPS) is 18.2. The second kappa shape index (κ2) is 8.96. The van der Waals surface area contributed by atoms with Crippen molar-refractivity contribution in [3.8, 4) is 11.1 Å². The Kier molecular flexibility index (Phi) is 6.41. The summed E-state index contributed by atoms with van der Waals surface area (Å²) in [4.78, 5) is 15.0. The number of carbonyl (C=O) groups excluding carboxylic acids is 1. The number of ether oxygens (including phenoxy) is 1. The number of anilines is 2. The number of benzene rings is 2. The summed E-state index contributed by atoms with van der Waals surface area (Å²) in [6.07, 6.45) is 3.15. The van der Waals surface area contributed by atoms with Crippen LogP contribution in [-0.4, -0.2) is 42.0 Å². The minimum absolute atomic E-state index is 0.231. The Bertz CT molecular complexity index is 1420. The fraction of sp³-hybridized carbons (Fsp3) is 0.407. The van der Waals surface area contributed by atoms with Gasteiger partial charge in [0, 0.05) is 18.8 Å². The number of amides is 1. The van der Waals surface area contributed by atoms with Gasteiger partial charge in [-0.1, -0.05) is 18.2 Å². The van der Waals surface area contributed by atoms with Gasteiger partial charge in [-0.25, -0.2) is 13.2 Å². The molecule has 1 aliphatic heterocycles. The monoisotopic (exact) mass is 510 g/mol. The average molecular weight is 511 g/mol. The fourth-order valence-corrected chi connectivity index (χ4v) is 6.68. The van der Waals surface area contributed by atoms with Gasteiger partial charge >= 0.3 is 6.09 Å². The third-order valence-corrected chi connectivity index (χ3v) is 8.56. The van der Waals surface area contributed by atoms with Crippen LogP contribution in [0.2, 0.25) is 0 Å². The molecule has 0 spiro atoms. The summed E-state index contributed by atoms with van der Waals surface area (Å²) >= 11 is 0. The van der Waals surface area contributed by atoms with Gasteiger partial charge in [0.25, 0.3) is 10.0 Å². The number of rotatable bonds is 3. The van der Waals surface area contributed by atoms with E-state index < -0.39 is 33.8 Å². The number of para-hydroxylation sites is 1. The molecule has 1 aliphatic rings. The van der Waals surface area contributed by atoms with Crippen molar-refractivity contribution in [1.29, 1.82) is 0 Å². The predicted molar refractivity (Wildman–Crippen MR) is 142 cm³/mol. The Hall–Kier alpha value is -3.33. The lowest BCUT2D eigenvalue weighted by atomic mass is 10.0. The van der Waals surface area contributed by atoms with Gasteiger partial charge in [0.15, 0.2) is 0 Å². The summed E-state index contributed by atoms with van der Waals surface area (Å²) in [5.41, 5.74) is 3.54. The van der Waals surface area contributed by atoms with Crippen LogP contribution >= 0.6 is 0 Å². The van der Waals surface area contributed by atoms with E-state index in [0.717, 1.165) is 16.7 Å². The molecule has 1 aromatic heterocycles. The van der Waals surface area contributed by atoms with E-state index in [1.54, 1.807) is 40.9 Å². The number of hydrogen-bond acceptors (Lipinski definition) is 5. The molecule has 2 atom stereocenters. The molecule has 8 nitrogen and oxygen atoms in total. The van der Waals surface area contributed by atoms with Crippen molar-refractivity contribution >= 4 is 27.5 Å². The van der Waals surface area contributed by atoms with Gasteiger partial charge in [-0.05, 0) is 83.4 Å². The molecule has 36 heavy (non-hydrogen) atoms. The highest BCUT2D eigenvalue weighted by molar-refractivity contribution is 7.93. The van der Waals surface area contributed by atoms with E-state index in [1.807, 2.05) is 73.0 Å². The first kappa shape index (κ1) is 25.8. The summed E-state index contributed by atoms with van der Waals surface area (Å²) in [6.45, 7) is 12.8. The number of carbonyl (C=O) groups is 1. The van der Waals surface area contributed by atoms with E-state index in [1.165, 1.54) is 4.31 Å².